The predicted molar refractivity (Wildman–Crippen MR) is 62.0 cm³/mol. The van der Waals surface area contributed by atoms with Crippen molar-refractivity contribution in [3.05, 3.63) is 52.1 Å². The van der Waals surface area contributed by atoms with Crippen LogP contribution in [0.25, 0.3) is 0 Å². The molecule has 0 unspecified atom stereocenters. The summed E-state index contributed by atoms with van der Waals surface area (Å²) in [5.74, 6) is 1.19. The first-order valence-electron chi connectivity index (χ1n) is 5.13. The second-order valence-electron chi connectivity index (χ2n) is 3.54. The Balaban J connectivity index is 2.34. The number of ether oxygens (including phenoxy) is 1. The van der Waals surface area contributed by atoms with E-state index in [2.05, 4.69) is 9.97 Å². The molecule has 0 aliphatic carbocycles. The molecule has 0 aliphatic heterocycles. The van der Waals surface area contributed by atoms with Crippen LogP contribution in [0.4, 0.5) is 0 Å². The third-order valence-electron chi connectivity index (χ3n) is 2.19. The summed E-state index contributed by atoms with van der Waals surface area (Å²) in [7, 11) is 0. The summed E-state index contributed by atoms with van der Waals surface area (Å²) < 4.78 is 5.47. The van der Waals surface area contributed by atoms with Crippen molar-refractivity contribution in [3.63, 3.8) is 0 Å². The molecule has 0 spiro atoms. The first-order valence-corrected chi connectivity index (χ1v) is 5.13. The molecular weight excluding hydrogens is 220 g/mol. The molecule has 0 amide bonds. The number of hydrogen-bond donors (Lipinski definition) is 2. The topological polar surface area (TPSA) is 75.2 Å². The van der Waals surface area contributed by atoms with Gasteiger partial charge in [-0.1, -0.05) is 18.2 Å². The molecule has 5 nitrogen and oxygen atoms in total. The Morgan fingerprint density at radius 1 is 1.41 bits per heavy atom. The number of aliphatic hydroxyl groups is 1. The summed E-state index contributed by atoms with van der Waals surface area (Å²) in [6.07, 6.45) is 0. The quantitative estimate of drug-likeness (QED) is 0.837. The van der Waals surface area contributed by atoms with Gasteiger partial charge >= 0.3 is 0 Å². The zero-order chi connectivity index (χ0) is 12.3. The van der Waals surface area contributed by atoms with E-state index in [1.165, 1.54) is 6.07 Å². The number of benzene rings is 1. The van der Waals surface area contributed by atoms with Crippen LogP contribution in [-0.4, -0.2) is 15.1 Å². The summed E-state index contributed by atoms with van der Waals surface area (Å²) in [4.78, 5) is 17.8. The van der Waals surface area contributed by atoms with Crippen molar-refractivity contribution < 1.29 is 9.84 Å². The van der Waals surface area contributed by atoms with Gasteiger partial charge in [0.2, 0.25) is 5.88 Å². The van der Waals surface area contributed by atoms with E-state index in [1.54, 1.807) is 31.2 Å². The van der Waals surface area contributed by atoms with Crippen LogP contribution >= 0.6 is 0 Å². The number of H-pyrrole nitrogens is 1. The van der Waals surface area contributed by atoms with Crippen LogP contribution in [-0.2, 0) is 6.61 Å². The van der Waals surface area contributed by atoms with Crippen LogP contribution in [0.5, 0.6) is 11.6 Å². The van der Waals surface area contributed by atoms with Crippen LogP contribution in [0.2, 0.25) is 0 Å². The third kappa shape index (κ3) is 2.70. The number of aromatic amines is 1. The van der Waals surface area contributed by atoms with Gasteiger partial charge in [0.15, 0.2) is 0 Å². The molecule has 2 aromatic rings. The lowest BCUT2D eigenvalue weighted by Crippen LogP contribution is -2.08. The van der Waals surface area contributed by atoms with E-state index in [-0.39, 0.29) is 18.0 Å². The largest absolute Gasteiger partial charge is 0.438 e. The fraction of sp³-hybridized carbons (Fsp3) is 0.167. The number of aryl methyl sites for hydroxylation is 1. The average Bonchev–Trinajstić information content (AvgIpc) is 2.28. The molecule has 0 atom stereocenters. The Labute approximate surface area is 97.7 Å². The van der Waals surface area contributed by atoms with E-state index in [0.717, 1.165) is 0 Å². The lowest BCUT2D eigenvalue weighted by molar-refractivity contribution is 0.276. The Kier molecular flexibility index (Phi) is 3.20. The number of nitrogens with zero attached hydrogens (tertiary/aromatic N) is 1. The highest BCUT2D eigenvalue weighted by molar-refractivity contribution is 5.35. The van der Waals surface area contributed by atoms with Gasteiger partial charge in [-0.15, -0.1) is 0 Å². The monoisotopic (exact) mass is 232 g/mol. The molecule has 1 aromatic carbocycles. The molecular formula is C12H12N2O3. The van der Waals surface area contributed by atoms with E-state index in [0.29, 0.717) is 17.1 Å². The summed E-state index contributed by atoms with van der Waals surface area (Å²) >= 11 is 0. The van der Waals surface area contributed by atoms with Crippen LogP contribution in [0.15, 0.2) is 35.1 Å². The maximum atomic E-state index is 11.2. The van der Waals surface area contributed by atoms with Crippen LogP contribution in [0.1, 0.15) is 11.4 Å². The number of aliphatic hydroxyl groups excluding tert-OH is 1. The normalized spacial score (nSPS) is 10.2. The van der Waals surface area contributed by atoms with Gasteiger partial charge in [-0.2, -0.15) is 0 Å². The molecule has 17 heavy (non-hydrogen) atoms. The second kappa shape index (κ2) is 4.80. The van der Waals surface area contributed by atoms with Crippen molar-refractivity contribution >= 4 is 0 Å². The standard InChI is InChI=1S/C12H12N2O3/c1-8-13-11(16)6-12(14-8)17-10-5-3-2-4-9(10)7-15/h2-6,15H,7H2,1H3,(H,13,14,16). The summed E-state index contributed by atoms with van der Waals surface area (Å²) in [5.41, 5.74) is 0.376. The molecule has 0 bridgehead atoms. The lowest BCUT2D eigenvalue weighted by atomic mass is 10.2. The molecule has 0 saturated carbocycles. The molecule has 0 saturated heterocycles. The molecule has 2 N–H and O–H groups in total. The van der Waals surface area contributed by atoms with E-state index in [9.17, 15) is 4.79 Å². The third-order valence-corrected chi connectivity index (χ3v) is 2.19. The first kappa shape index (κ1) is 11.3. The van der Waals surface area contributed by atoms with Gasteiger partial charge in [0.05, 0.1) is 12.7 Å². The summed E-state index contributed by atoms with van der Waals surface area (Å²) in [5, 5.41) is 9.14. The van der Waals surface area contributed by atoms with E-state index in [1.807, 2.05) is 0 Å². The van der Waals surface area contributed by atoms with E-state index < -0.39 is 0 Å². The van der Waals surface area contributed by atoms with Crippen molar-refractivity contribution in [3.8, 4) is 11.6 Å². The van der Waals surface area contributed by atoms with E-state index in [4.69, 9.17) is 9.84 Å². The highest BCUT2D eigenvalue weighted by Crippen LogP contribution is 2.22. The highest BCUT2D eigenvalue weighted by Gasteiger charge is 2.05. The van der Waals surface area contributed by atoms with Crippen LogP contribution < -0.4 is 10.3 Å². The first-order chi connectivity index (χ1) is 8.19. The van der Waals surface area contributed by atoms with Crippen LogP contribution in [0, 0.1) is 6.92 Å². The van der Waals surface area contributed by atoms with Gasteiger partial charge in [-0.05, 0) is 13.0 Å². The molecule has 1 heterocycles. The smallest absolute Gasteiger partial charge is 0.254 e. The molecule has 88 valence electrons. The van der Waals surface area contributed by atoms with Crippen molar-refractivity contribution in [2.75, 3.05) is 0 Å². The van der Waals surface area contributed by atoms with Gasteiger partial charge in [0.25, 0.3) is 5.56 Å². The number of para-hydroxylation sites is 1. The van der Waals surface area contributed by atoms with Gasteiger partial charge in [-0.25, -0.2) is 4.98 Å². The van der Waals surface area contributed by atoms with Crippen molar-refractivity contribution in [2.24, 2.45) is 0 Å². The fourth-order valence-electron chi connectivity index (χ4n) is 1.45. The fourth-order valence-corrected chi connectivity index (χ4v) is 1.45. The Morgan fingerprint density at radius 2 is 2.18 bits per heavy atom. The Morgan fingerprint density at radius 3 is 2.88 bits per heavy atom. The maximum Gasteiger partial charge on any atom is 0.254 e. The maximum absolute atomic E-state index is 11.2. The van der Waals surface area contributed by atoms with Crippen molar-refractivity contribution in [2.45, 2.75) is 13.5 Å². The minimum Gasteiger partial charge on any atom is -0.438 e. The summed E-state index contributed by atoms with van der Waals surface area (Å²) in [6.45, 7) is 1.55. The van der Waals surface area contributed by atoms with Gasteiger partial charge < -0.3 is 14.8 Å². The zero-order valence-corrected chi connectivity index (χ0v) is 9.30. The number of aromatic nitrogens is 2. The molecule has 5 heteroatoms. The molecule has 0 aliphatic rings. The number of hydrogen-bond acceptors (Lipinski definition) is 4. The molecule has 1 aromatic heterocycles. The second-order valence-corrected chi connectivity index (χ2v) is 3.54. The lowest BCUT2D eigenvalue weighted by Gasteiger charge is -2.08. The minimum absolute atomic E-state index is 0.127. The Hall–Kier alpha value is -2.14. The van der Waals surface area contributed by atoms with Gasteiger partial charge in [0.1, 0.15) is 11.6 Å². The SMILES string of the molecule is Cc1nc(Oc2ccccc2CO)cc(=O)[nH]1. The molecule has 0 fully saturated rings. The van der Waals surface area contributed by atoms with E-state index >= 15 is 0 Å². The molecule has 2 rings (SSSR count). The predicted octanol–water partition coefficient (Wildman–Crippen LogP) is 1.36. The van der Waals surface area contributed by atoms with Crippen molar-refractivity contribution in [1.82, 2.24) is 9.97 Å². The van der Waals surface area contributed by atoms with Gasteiger partial charge in [0, 0.05) is 5.56 Å². The molecule has 0 radical (unpaired) electrons. The van der Waals surface area contributed by atoms with Crippen molar-refractivity contribution in [1.29, 1.82) is 0 Å². The Bertz CT molecular complexity index is 578. The highest BCUT2D eigenvalue weighted by atomic mass is 16.5. The van der Waals surface area contributed by atoms with Crippen LogP contribution in [0.3, 0.4) is 0 Å². The number of nitrogens with one attached hydrogen (secondary N) is 1. The van der Waals surface area contributed by atoms with Gasteiger partial charge in [-0.3, -0.25) is 4.79 Å². The zero-order valence-electron chi connectivity index (χ0n) is 9.30. The average molecular weight is 232 g/mol. The summed E-state index contributed by atoms with van der Waals surface area (Å²) in [6, 6.07) is 8.31. The minimum atomic E-state index is -0.269. The number of rotatable bonds is 3.